The Bertz CT molecular complexity index is 590. The third-order valence-corrected chi connectivity index (χ3v) is 6.21. The number of nitrogen functional groups attached to an aromatic ring is 1. The maximum absolute atomic E-state index is 12.7. The van der Waals surface area contributed by atoms with E-state index in [0.717, 1.165) is 17.5 Å². The zero-order valence-electron chi connectivity index (χ0n) is 12.1. The quantitative estimate of drug-likeness (QED) is 0.823. The SMILES string of the molecule is Cc1cc(S(=O)(=O)N2CCC(C)C2CO)cc(N)c1C. The Labute approximate surface area is 120 Å². The maximum Gasteiger partial charge on any atom is 0.243 e. The average Bonchev–Trinajstić information content (AvgIpc) is 2.77. The Hall–Kier alpha value is -1.11. The summed E-state index contributed by atoms with van der Waals surface area (Å²) < 4.78 is 26.9. The molecule has 0 spiro atoms. The molecule has 6 heteroatoms. The van der Waals surface area contributed by atoms with Crippen molar-refractivity contribution in [2.24, 2.45) is 5.92 Å². The molecule has 1 aliphatic rings. The molecule has 0 saturated carbocycles. The maximum atomic E-state index is 12.7. The number of sulfonamides is 1. The van der Waals surface area contributed by atoms with E-state index in [-0.39, 0.29) is 23.5 Å². The summed E-state index contributed by atoms with van der Waals surface area (Å²) in [6.07, 6.45) is 0.769. The van der Waals surface area contributed by atoms with Gasteiger partial charge in [-0.1, -0.05) is 6.92 Å². The molecule has 1 saturated heterocycles. The first-order chi connectivity index (χ1) is 9.28. The molecule has 2 rings (SSSR count). The second-order valence-electron chi connectivity index (χ2n) is 5.59. The minimum atomic E-state index is -3.60. The van der Waals surface area contributed by atoms with Crippen molar-refractivity contribution in [3.63, 3.8) is 0 Å². The number of aryl methyl sites for hydroxylation is 1. The van der Waals surface area contributed by atoms with Gasteiger partial charge in [-0.2, -0.15) is 4.31 Å². The van der Waals surface area contributed by atoms with Crippen molar-refractivity contribution in [1.29, 1.82) is 0 Å². The number of hydrogen-bond donors (Lipinski definition) is 2. The van der Waals surface area contributed by atoms with Crippen molar-refractivity contribution in [2.45, 2.75) is 38.1 Å². The molecule has 20 heavy (non-hydrogen) atoms. The highest BCUT2D eigenvalue weighted by atomic mass is 32.2. The van der Waals surface area contributed by atoms with Gasteiger partial charge in [-0.05, 0) is 49.4 Å². The molecule has 1 heterocycles. The normalized spacial score (nSPS) is 24.2. The lowest BCUT2D eigenvalue weighted by molar-refractivity contribution is 0.191. The predicted octanol–water partition coefficient (Wildman–Crippen LogP) is 1.28. The minimum absolute atomic E-state index is 0.152. The molecule has 0 aliphatic carbocycles. The van der Waals surface area contributed by atoms with Crippen LogP contribution in [0.4, 0.5) is 5.69 Å². The number of rotatable bonds is 3. The van der Waals surface area contributed by atoms with Gasteiger partial charge in [0.25, 0.3) is 0 Å². The number of benzene rings is 1. The van der Waals surface area contributed by atoms with Gasteiger partial charge in [-0.3, -0.25) is 0 Å². The van der Waals surface area contributed by atoms with Crippen LogP contribution in [0.2, 0.25) is 0 Å². The Morgan fingerprint density at radius 3 is 2.60 bits per heavy atom. The molecular weight excluding hydrogens is 276 g/mol. The smallest absolute Gasteiger partial charge is 0.243 e. The molecule has 0 bridgehead atoms. The first-order valence-electron chi connectivity index (χ1n) is 6.78. The van der Waals surface area contributed by atoms with Crippen LogP contribution in [0, 0.1) is 19.8 Å². The summed E-state index contributed by atoms with van der Waals surface area (Å²) in [6, 6.07) is 2.82. The molecular formula is C14H22N2O3S. The topological polar surface area (TPSA) is 83.6 Å². The summed E-state index contributed by atoms with van der Waals surface area (Å²) in [5, 5.41) is 9.44. The van der Waals surface area contributed by atoms with Crippen molar-refractivity contribution in [1.82, 2.24) is 4.31 Å². The number of nitrogens with zero attached hydrogens (tertiary/aromatic N) is 1. The highest BCUT2D eigenvalue weighted by Crippen LogP contribution is 2.31. The van der Waals surface area contributed by atoms with E-state index in [1.54, 1.807) is 6.07 Å². The van der Waals surface area contributed by atoms with Gasteiger partial charge in [0.15, 0.2) is 0 Å². The van der Waals surface area contributed by atoms with Crippen molar-refractivity contribution in [3.8, 4) is 0 Å². The summed E-state index contributed by atoms with van der Waals surface area (Å²) in [5.41, 5.74) is 8.12. The summed E-state index contributed by atoms with van der Waals surface area (Å²) in [7, 11) is -3.60. The van der Waals surface area contributed by atoms with Crippen LogP contribution in [0.3, 0.4) is 0 Å². The Kier molecular flexibility index (Phi) is 4.09. The van der Waals surface area contributed by atoms with Gasteiger partial charge in [0.2, 0.25) is 10.0 Å². The molecule has 1 fully saturated rings. The van der Waals surface area contributed by atoms with Crippen molar-refractivity contribution < 1.29 is 13.5 Å². The van der Waals surface area contributed by atoms with Crippen LogP contribution in [0.15, 0.2) is 17.0 Å². The van der Waals surface area contributed by atoms with Crippen LogP contribution in [-0.4, -0.2) is 37.0 Å². The van der Waals surface area contributed by atoms with Gasteiger partial charge in [-0.25, -0.2) is 8.42 Å². The van der Waals surface area contributed by atoms with Gasteiger partial charge in [0, 0.05) is 12.2 Å². The molecule has 112 valence electrons. The zero-order chi connectivity index (χ0) is 15.1. The Morgan fingerprint density at radius 1 is 1.40 bits per heavy atom. The molecule has 0 amide bonds. The first-order valence-corrected chi connectivity index (χ1v) is 8.22. The lowest BCUT2D eigenvalue weighted by Crippen LogP contribution is -2.39. The molecule has 3 N–H and O–H groups in total. The fraction of sp³-hybridized carbons (Fsp3) is 0.571. The van der Waals surface area contributed by atoms with Crippen LogP contribution >= 0.6 is 0 Å². The summed E-state index contributed by atoms with van der Waals surface area (Å²) in [6.45, 7) is 5.98. The standard InChI is InChI=1S/C14H22N2O3S/c1-9-4-5-16(14(9)8-17)20(18,19)12-6-10(2)11(3)13(15)7-12/h6-7,9,14,17H,4-5,8,15H2,1-3H3. The molecule has 0 radical (unpaired) electrons. The van der Waals surface area contributed by atoms with Crippen LogP contribution in [0.5, 0.6) is 0 Å². The van der Waals surface area contributed by atoms with Crippen LogP contribution in [0.25, 0.3) is 0 Å². The number of nitrogens with two attached hydrogens (primary N) is 1. The predicted molar refractivity (Wildman–Crippen MR) is 78.9 cm³/mol. The molecule has 0 aromatic heterocycles. The van der Waals surface area contributed by atoms with Gasteiger partial charge < -0.3 is 10.8 Å². The van der Waals surface area contributed by atoms with Crippen LogP contribution < -0.4 is 5.73 Å². The van der Waals surface area contributed by atoms with Crippen LogP contribution in [0.1, 0.15) is 24.5 Å². The van der Waals surface area contributed by atoms with Crippen molar-refractivity contribution in [3.05, 3.63) is 23.3 Å². The van der Waals surface area contributed by atoms with Gasteiger partial charge >= 0.3 is 0 Å². The largest absolute Gasteiger partial charge is 0.398 e. The van der Waals surface area contributed by atoms with E-state index < -0.39 is 10.0 Å². The number of aliphatic hydroxyl groups is 1. The number of anilines is 1. The monoisotopic (exact) mass is 298 g/mol. The molecule has 1 aromatic carbocycles. The lowest BCUT2D eigenvalue weighted by Gasteiger charge is -2.25. The summed E-state index contributed by atoms with van der Waals surface area (Å²) in [5.74, 6) is 0.165. The van der Waals surface area contributed by atoms with E-state index in [0.29, 0.717) is 12.2 Å². The highest BCUT2D eigenvalue weighted by molar-refractivity contribution is 7.89. The lowest BCUT2D eigenvalue weighted by atomic mass is 10.0. The van der Waals surface area contributed by atoms with E-state index in [2.05, 4.69) is 0 Å². The highest BCUT2D eigenvalue weighted by Gasteiger charge is 2.39. The van der Waals surface area contributed by atoms with E-state index in [9.17, 15) is 13.5 Å². The summed E-state index contributed by atoms with van der Waals surface area (Å²) >= 11 is 0. The molecule has 2 unspecified atom stereocenters. The van der Waals surface area contributed by atoms with E-state index in [1.165, 1.54) is 10.4 Å². The van der Waals surface area contributed by atoms with Gasteiger partial charge in [0.05, 0.1) is 17.5 Å². The molecule has 1 aliphatic heterocycles. The molecule has 2 atom stereocenters. The average molecular weight is 298 g/mol. The van der Waals surface area contributed by atoms with E-state index >= 15 is 0 Å². The second-order valence-corrected chi connectivity index (χ2v) is 7.48. The van der Waals surface area contributed by atoms with Gasteiger partial charge in [-0.15, -0.1) is 0 Å². The fourth-order valence-electron chi connectivity index (χ4n) is 2.68. The molecule has 5 nitrogen and oxygen atoms in total. The fourth-order valence-corrected chi connectivity index (χ4v) is 4.53. The summed E-state index contributed by atoms with van der Waals surface area (Å²) in [4.78, 5) is 0.214. The third kappa shape index (κ3) is 2.43. The van der Waals surface area contributed by atoms with Crippen molar-refractivity contribution in [2.75, 3.05) is 18.9 Å². The number of hydrogen-bond acceptors (Lipinski definition) is 4. The van der Waals surface area contributed by atoms with Gasteiger partial charge in [0.1, 0.15) is 0 Å². The van der Waals surface area contributed by atoms with Crippen molar-refractivity contribution >= 4 is 15.7 Å². The minimum Gasteiger partial charge on any atom is -0.398 e. The number of aliphatic hydroxyl groups excluding tert-OH is 1. The van der Waals surface area contributed by atoms with E-state index in [4.69, 9.17) is 5.73 Å². The van der Waals surface area contributed by atoms with Crippen LogP contribution in [-0.2, 0) is 10.0 Å². The Balaban J connectivity index is 2.46. The third-order valence-electron chi connectivity index (χ3n) is 4.31. The Morgan fingerprint density at radius 2 is 2.05 bits per heavy atom. The molecule has 1 aromatic rings. The van der Waals surface area contributed by atoms with E-state index in [1.807, 2.05) is 20.8 Å². The first kappa shape index (κ1) is 15.3. The zero-order valence-corrected chi connectivity index (χ0v) is 12.9. The second kappa shape index (κ2) is 5.35.